The maximum atomic E-state index is 14.5. The molecular formula is C25H24FN5O2. The summed E-state index contributed by atoms with van der Waals surface area (Å²) < 4.78 is 14.5. The summed E-state index contributed by atoms with van der Waals surface area (Å²) in [5, 5.41) is 20.8. The molecule has 8 heteroatoms. The molecule has 2 fully saturated rings. The van der Waals surface area contributed by atoms with Crippen LogP contribution in [0.1, 0.15) is 40.9 Å². The molecule has 0 unspecified atom stereocenters. The average Bonchev–Trinajstić information content (AvgIpc) is 2.78. The molecule has 1 aliphatic heterocycles. The highest BCUT2D eigenvalue weighted by atomic mass is 19.1. The third-order valence-electron chi connectivity index (χ3n) is 6.76. The van der Waals surface area contributed by atoms with Crippen molar-refractivity contribution in [1.29, 1.82) is 5.26 Å². The molecule has 0 bridgehead atoms. The van der Waals surface area contributed by atoms with Gasteiger partial charge in [0.2, 0.25) is 0 Å². The monoisotopic (exact) mass is 445 g/mol. The van der Waals surface area contributed by atoms with Crippen LogP contribution < -0.4 is 10.9 Å². The first-order chi connectivity index (χ1) is 16.0. The number of fused-ring (bicyclic) bond motifs is 1. The molecule has 7 nitrogen and oxygen atoms in total. The summed E-state index contributed by atoms with van der Waals surface area (Å²) >= 11 is 0. The Morgan fingerprint density at radius 1 is 1.21 bits per heavy atom. The number of likely N-dealkylation sites (tertiary alicyclic amines) is 1. The van der Waals surface area contributed by atoms with Crippen molar-refractivity contribution in [2.45, 2.75) is 43.7 Å². The van der Waals surface area contributed by atoms with Crippen LogP contribution in [0.5, 0.6) is 0 Å². The molecule has 5 rings (SSSR count). The molecule has 1 aliphatic carbocycles. The van der Waals surface area contributed by atoms with Gasteiger partial charge >= 0.3 is 0 Å². The second-order valence-electron chi connectivity index (χ2n) is 8.96. The zero-order valence-corrected chi connectivity index (χ0v) is 18.1. The summed E-state index contributed by atoms with van der Waals surface area (Å²) in [5.41, 5.74) is 0.949. The first-order valence-electron chi connectivity index (χ1n) is 11.2. The van der Waals surface area contributed by atoms with Crippen LogP contribution in [0.4, 0.5) is 4.39 Å². The van der Waals surface area contributed by atoms with Gasteiger partial charge in [0, 0.05) is 24.5 Å². The molecule has 2 aromatic carbocycles. The molecule has 168 valence electrons. The van der Waals surface area contributed by atoms with Crippen molar-refractivity contribution in [3.63, 3.8) is 0 Å². The number of carbonyl (C=O) groups is 1. The largest absolute Gasteiger partial charge is 0.335 e. The van der Waals surface area contributed by atoms with E-state index in [1.54, 1.807) is 29.2 Å². The zero-order valence-electron chi connectivity index (χ0n) is 18.1. The zero-order chi connectivity index (χ0) is 23.0. The van der Waals surface area contributed by atoms with Crippen molar-refractivity contribution in [2.24, 2.45) is 0 Å². The maximum Gasteiger partial charge on any atom is 0.272 e. The van der Waals surface area contributed by atoms with Gasteiger partial charge in [0.15, 0.2) is 0 Å². The minimum absolute atomic E-state index is 0.0591. The first kappa shape index (κ1) is 21.3. The van der Waals surface area contributed by atoms with E-state index in [0.29, 0.717) is 31.3 Å². The van der Waals surface area contributed by atoms with Crippen LogP contribution in [0, 0.1) is 17.1 Å². The van der Waals surface area contributed by atoms with Gasteiger partial charge in [-0.2, -0.15) is 10.4 Å². The van der Waals surface area contributed by atoms with Crippen LogP contribution in [-0.2, 0) is 12.8 Å². The summed E-state index contributed by atoms with van der Waals surface area (Å²) in [5.74, 6) is -0.875. The van der Waals surface area contributed by atoms with Crippen molar-refractivity contribution in [3.8, 4) is 6.07 Å². The number of hydrogen-bond donors (Lipinski definition) is 2. The van der Waals surface area contributed by atoms with E-state index in [2.05, 4.69) is 21.6 Å². The van der Waals surface area contributed by atoms with Crippen molar-refractivity contribution in [1.82, 2.24) is 20.4 Å². The number of aryl methyl sites for hydroxylation is 2. The molecule has 2 aliphatic rings. The molecule has 3 aromatic rings. The Kier molecular flexibility index (Phi) is 5.43. The Bertz CT molecular complexity index is 1320. The molecule has 1 saturated carbocycles. The Morgan fingerprint density at radius 2 is 1.97 bits per heavy atom. The Hall–Kier alpha value is -3.57. The van der Waals surface area contributed by atoms with Crippen molar-refractivity contribution in [2.75, 3.05) is 13.1 Å². The van der Waals surface area contributed by atoms with Crippen LogP contribution in [-0.4, -0.2) is 45.7 Å². The number of amides is 1. The highest BCUT2D eigenvalue weighted by molar-refractivity contribution is 5.95. The maximum absolute atomic E-state index is 14.5. The van der Waals surface area contributed by atoms with Gasteiger partial charge in [0.1, 0.15) is 11.4 Å². The molecule has 0 atom stereocenters. The lowest BCUT2D eigenvalue weighted by Crippen LogP contribution is -2.66. The van der Waals surface area contributed by atoms with E-state index in [1.165, 1.54) is 6.07 Å². The minimum Gasteiger partial charge on any atom is -0.335 e. The number of rotatable bonds is 6. The third-order valence-corrected chi connectivity index (χ3v) is 6.76. The number of nitriles is 1. The fraction of sp³-hybridized carbons (Fsp3) is 0.360. The molecule has 0 radical (unpaired) electrons. The molecule has 2 heterocycles. The average molecular weight is 445 g/mol. The summed E-state index contributed by atoms with van der Waals surface area (Å²) in [4.78, 5) is 26.5. The normalized spacial score (nSPS) is 17.3. The fourth-order valence-electron chi connectivity index (χ4n) is 4.63. The Morgan fingerprint density at radius 3 is 2.67 bits per heavy atom. The number of aromatic amines is 1. The second-order valence-corrected chi connectivity index (χ2v) is 8.96. The van der Waals surface area contributed by atoms with Crippen molar-refractivity contribution >= 4 is 16.7 Å². The van der Waals surface area contributed by atoms with Gasteiger partial charge < -0.3 is 4.90 Å². The Balaban J connectivity index is 1.26. The summed E-state index contributed by atoms with van der Waals surface area (Å²) in [7, 11) is 0. The van der Waals surface area contributed by atoms with Crippen LogP contribution >= 0.6 is 0 Å². The van der Waals surface area contributed by atoms with E-state index < -0.39 is 11.4 Å². The third kappa shape index (κ3) is 4.00. The smallest absolute Gasteiger partial charge is 0.272 e. The van der Waals surface area contributed by atoms with Crippen LogP contribution in [0.3, 0.4) is 0 Å². The number of nitrogens with zero attached hydrogens (tertiary/aromatic N) is 3. The number of nitrogens with one attached hydrogen (secondary N) is 2. The first-order valence-corrected chi connectivity index (χ1v) is 11.2. The number of H-pyrrole nitrogens is 1. The standard InChI is InChI=1S/C25H24FN5O2/c26-21-8-6-16(7-9-22-18-4-1-2-5-19(18)23(32)30-29-22)12-20(21)24(33)31-13-17(14-31)28-25(15-27)10-3-11-25/h1-2,4-6,8,12,17,28H,3,7,9-11,13-14H2,(H,30,32). The second kappa shape index (κ2) is 8.41. The quantitative estimate of drug-likeness (QED) is 0.608. The lowest BCUT2D eigenvalue weighted by molar-refractivity contribution is 0.0492. The minimum atomic E-state index is -0.541. The molecule has 0 spiro atoms. The lowest BCUT2D eigenvalue weighted by Gasteiger charge is -2.46. The number of hydrogen-bond acceptors (Lipinski definition) is 5. The highest BCUT2D eigenvalue weighted by Gasteiger charge is 2.42. The van der Waals surface area contributed by atoms with E-state index >= 15 is 0 Å². The number of halogens is 1. The molecule has 1 amide bonds. The van der Waals surface area contributed by atoms with E-state index in [0.717, 1.165) is 35.9 Å². The van der Waals surface area contributed by atoms with Gasteiger partial charge in [0.25, 0.3) is 11.5 Å². The SMILES string of the molecule is N#CC1(NC2CN(C(=O)c3cc(CCc4n[nH]c(=O)c5ccccc45)ccc3F)C2)CCC1. The van der Waals surface area contributed by atoms with Crippen LogP contribution in [0.2, 0.25) is 0 Å². The molecule has 2 N–H and O–H groups in total. The fourth-order valence-corrected chi connectivity index (χ4v) is 4.63. The number of benzene rings is 2. The lowest BCUT2D eigenvalue weighted by atomic mass is 9.77. The number of aromatic nitrogens is 2. The summed E-state index contributed by atoms with van der Waals surface area (Å²) in [6.07, 6.45) is 3.81. The molecule has 1 saturated heterocycles. The van der Waals surface area contributed by atoms with Gasteiger partial charge in [-0.05, 0) is 55.9 Å². The topological polar surface area (TPSA) is 102 Å². The predicted octanol–water partition coefficient (Wildman–Crippen LogP) is 2.71. The van der Waals surface area contributed by atoms with E-state index in [9.17, 15) is 19.2 Å². The van der Waals surface area contributed by atoms with Crippen molar-refractivity contribution in [3.05, 3.63) is 75.5 Å². The van der Waals surface area contributed by atoms with Gasteiger partial charge in [0.05, 0.1) is 22.7 Å². The molecule has 33 heavy (non-hydrogen) atoms. The van der Waals surface area contributed by atoms with Gasteiger partial charge in [-0.15, -0.1) is 0 Å². The van der Waals surface area contributed by atoms with E-state index in [4.69, 9.17) is 0 Å². The predicted molar refractivity (Wildman–Crippen MR) is 121 cm³/mol. The molecular weight excluding hydrogens is 421 g/mol. The highest BCUT2D eigenvalue weighted by Crippen LogP contribution is 2.32. The van der Waals surface area contributed by atoms with E-state index in [1.807, 2.05) is 12.1 Å². The number of carbonyl (C=O) groups excluding carboxylic acids is 1. The van der Waals surface area contributed by atoms with Gasteiger partial charge in [-0.1, -0.05) is 24.3 Å². The van der Waals surface area contributed by atoms with Crippen LogP contribution in [0.15, 0.2) is 47.3 Å². The van der Waals surface area contributed by atoms with Gasteiger partial charge in [-0.25, -0.2) is 9.49 Å². The van der Waals surface area contributed by atoms with Crippen molar-refractivity contribution < 1.29 is 9.18 Å². The van der Waals surface area contributed by atoms with E-state index in [-0.39, 0.29) is 23.1 Å². The molecule has 1 aromatic heterocycles. The van der Waals surface area contributed by atoms with Gasteiger partial charge in [-0.3, -0.25) is 14.9 Å². The summed E-state index contributed by atoms with van der Waals surface area (Å²) in [6.45, 7) is 0.943. The van der Waals surface area contributed by atoms with Crippen LogP contribution in [0.25, 0.3) is 10.8 Å². The Labute approximate surface area is 190 Å². The summed E-state index contributed by atoms with van der Waals surface area (Å²) in [6, 6.07) is 14.3.